The van der Waals surface area contributed by atoms with E-state index in [1.807, 2.05) is 6.92 Å². The van der Waals surface area contributed by atoms with E-state index in [2.05, 4.69) is 15.3 Å². The summed E-state index contributed by atoms with van der Waals surface area (Å²) in [5.41, 5.74) is -0.322. The first-order valence-electron chi connectivity index (χ1n) is 6.17. The zero-order valence-electron chi connectivity index (χ0n) is 10.4. The van der Waals surface area contributed by atoms with Gasteiger partial charge in [0.15, 0.2) is 0 Å². The summed E-state index contributed by atoms with van der Waals surface area (Å²) in [7, 11) is 0. The number of carbonyl (C=O) groups is 1. The van der Waals surface area contributed by atoms with Crippen LogP contribution in [0.15, 0.2) is 11.0 Å². The average molecular weight is 251 g/mol. The zero-order valence-corrected chi connectivity index (χ0v) is 10.4. The smallest absolute Gasteiger partial charge is 0.263 e. The third-order valence-electron chi connectivity index (χ3n) is 2.76. The van der Waals surface area contributed by atoms with Gasteiger partial charge in [-0.15, -0.1) is 0 Å². The molecule has 1 fully saturated rings. The minimum atomic E-state index is -0.411. The van der Waals surface area contributed by atoms with E-state index in [0.29, 0.717) is 31.5 Å². The molecule has 0 aromatic carbocycles. The normalized spacial score (nSPS) is 14.5. The second-order valence-corrected chi connectivity index (χ2v) is 4.24. The van der Waals surface area contributed by atoms with Crippen LogP contribution < -0.4 is 10.9 Å². The molecule has 0 spiro atoms. The molecule has 0 bridgehead atoms. The highest BCUT2D eigenvalue weighted by atomic mass is 16.5. The molecule has 98 valence electrons. The molecule has 6 nitrogen and oxygen atoms in total. The number of hydrogen-bond acceptors (Lipinski definition) is 4. The number of nitrogens with one attached hydrogen (secondary N) is 2. The Morgan fingerprint density at radius 1 is 1.61 bits per heavy atom. The van der Waals surface area contributed by atoms with Gasteiger partial charge in [0, 0.05) is 25.3 Å². The highest BCUT2D eigenvalue weighted by Gasteiger charge is 2.26. The molecule has 1 aliphatic rings. The number of hydrogen-bond donors (Lipinski definition) is 2. The van der Waals surface area contributed by atoms with Crippen LogP contribution in [0.2, 0.25) is 0 Å². The molecule has 0 saturated heterocycles. The Bertz CT molecular complexity index is 480. The van der Waals surface area contributed by atoms with E-state index in [-0.39, 0.29) is 11.1 Å². The van der Waals surface area contributed by atoms with Gasteiger partial charge >= 0.3 is 0 Å². The number of ether oxygens (including phenoxy) is 1. The van der Waals surface area contributed by atoms with Crippen LogP contribution in [0.5, 0.6) is 0 Å². The van der Waals surface area contributed by atoms with Crippen molar-refractivity contribution >= 4 is 5.91 Å². The molecule has 1 heterocycles. The Balaban J connectivity index is 1.95. The number of aromatic nitrogens is 2. The fourth-order valence-corrected chi connectivity index (χ4v) is 1.61. The number of nitrogens with zero attached hydrogens (tertiary/aromatic N) is 1. The largest absolute Gasteiger partial charge is 0.380 e. The molecule has 0 unspecified atom stereocenters. The van der Waals surface area contributed by atoms with Crippen molar-refractivity contribution in [3.05, 3.63) is 27.9 Å². The Kier molecular flexibility index (Phi) is 4.09. The Morgan fingerprint density at radius 2 is 2.39 bits per heavy atom. The van der Waals surface area contributed by atoms with Crippen LogP contribution >= 0.6 is 0 Å². The lowest BCUT2D eigenvalue weighted by atomic mass is 10.3. The molecule has 1 aromatic rings. The number of H-pyrrole nitrogens is 1. The predicted octanol–water partition coefficient (Wildman–Crippen LogP) is 0.414. The van der Waals surface area contributed by atoms with E-state index in [1.54, 1.807) is 0 Å². The molecule has 1 aliphatic carbocycles. The minimum Gasteiger partial charge on any atom is -0.380 e. The van der Waals surface area contributed by atoms with Crippen LogP contribution in [0.4, 0.5) is 0 Å². The van der Waals surface area contributed by atoms with Crippen molar-refractivity contribution in [2.45, 2.75) is 25.7 Å². The lowest BCUT2D eigenvalue weighted by molar-refractivity contribution is 0.0920. The summed E-state index contributed by atoms with van der Waals surface area (Å²) in [5, 5.41) is 2.61. The van der Waals surface area contributed by atoms with Crippen LogP contribution in [0.25, 0.3) is 0 Å². The van der Waals surface area contributed by atoms with Gasteiger partial charge in [-0.1, -0.05) is 0 Å². The zero-order chi connectivity index (χ0) is 13.0. The Labute approximate surface area is 105 Å². The molecule has 18 heavy (non-hydrogen) atoms. The standard InChI is InChI=1S/C12H17N3O3/c1-2-18-6-5-13-11(16)9-7-14-10(8-3-4-8)15-12(9)17/h7-8H,2-6H2,1H3,(H,13,16)(H,14,15,17). The van der Waals surface area contributed by atoms with Gasteiger partial charge in [0.05, 0.1) is 6.61 Å². The molecule has 1 saturated carbocycles. The minimum absolute atomic E-state index is 0.0518. The van der Waals surface area contributed by atoms with Gasteiger partial charge in [0.1, 0.15) is 11.4 Å². The second-order valence-electron chi connectivity index (χ2n) is 4.24. The number of carbonyl (C=O) groups excluding carboxylic acids is 1. The third-order valence-corrected chi connectivity index (χ3v) is 2.76. The van der Waals surface area contributed by atoms with Crippen LogP contribution in [0.3, 0.4) is 0 Å². The van der Waals surface area contributed by atoms with Gasteiger partial charge in [0.25, 0.3) is 11.5 Å². The topological polar surface area (TPSA) is 84.1 Å². The van der Waals surface area contributed by atoms with Crippen LogP contribution in [0, 0.1) is 0 Å². The maximum atomic E-state index is 11.7. The van der Waals surface area contributed by atoms with E-state index in [0.717, 1.165) is 12.8 Å². The average Bonchev–Trinajstić information content (AvgIpc) is 3.18. The molecule has 1 amide bonds. The van der Waals surface area contributed by atoms with Crippen molar-refractivity contribution in [1.29, 1.82) is 0 Å². The van der Waals surface area contributed by atoms with E-state index < -0.39 is 5.91 Å². The van der Waals surface area contributed by atoms with E-state index in [1.165, 1.54) is 6.20 Å². The second kappa shape index (κ2) is 5.77. The highest BCUT2D eigenvalue weighted by molar-refractivity contribution is 5.93. The first-order valence-corrected chi connectivity index (χ1v) is 6.17. The Hall–Kier alpha value is -1.69. The number of rotatable bonds is 6. The lowest BCUT2D eigenvalue weighted by Crippen LogP contribution is -2.32. The quantitative estimate of drug-likeness (QED) is 0.717. The third kappa shape index (κ3) is 3.16. The summed E-state index contributed by atoms with van der Waals surface area (Å²) >= 11 is 0. The van der Waals surface area contributed by atoms with Gasteiger partial charge in [-0.2, -0.15) is 0 Å². The Morgan fingerprint density at radius 3 is 3.00 bits per heavy atom. The summed E-state index contributed by atoms with van der Waals surface area (Å²) in [6.45, 7) is 3.31. The van der Waals surface area contributed by atoms with Crippen molar-refractivity contribution in [2.75, 3.05) is 19.8 Å². The SMILES string of the molecule is CCOCCNC(=O)c1cnc(C2CC2)[nH]c1=O. The lowest BCUT2D eigenvalue weighted by Gasteiger charge is -2.05. The highest BCUT2D eigenvalue weighted by Crippen LogP contribution is 2.37. The van der Waals surface area contributed by atoms with Crippen molar-refractivity contribution < 1.29 is 9.53 Å². The molecular formula is C12H17N3O3. The van der Waals surface area contributed by atoms with E-state index in [4.69, 9.17) is 4.74 Å². The summed E-state index contributed by atoms with van der Waals surface area (Å²) < 4.78 is 5.09. The van der Waals surface area contributed by atoms with Gasteiger partial charge < -0.3 is 15.0 Å². The van der Waals surface area contributed by atoms with E-state index >= 15 is 0 Å². The molecule has 1 aromatic heterocycles. The fraction of sp³-hybridized carbons (Fsp3) is 0.583. The molecule has 0 aliphatic heterocycles. The molecule has 0 atom stereocenters. The number of amides is 1. The van der Waals surface area contributed by atoms with E-state index in [9.17, 15) is 9.59 Å². The van der Waals surface area contributed by atoms with Crippen LogP contribution in [-0.2, 0) is 4.74 Å². The van der Waals surface area contributed by atoms with Crippen LogP contribution in [0.1, 0.15) is 41.9 Å². The fourth-order valence-electron chi connectivity index (χ4n) is 1.61. The molecule has 2 N–H and O–H groups in total. The van der Waals surface area contributed by atoms with Gasteiger partial charge in [-0.25, -0.2) is 4.98 Å². The maximum absolute atomic E-state index is 11.7. The van der Waals surface area contributed by atoms with Gasteiger partial charge in [-0.05, 0) is 19.8 Å². The summed E-state index contributed by atoms with van der Waals surface area (Å²) in [4.78, 5) is 30.2. The monoisotopic (exact) mass is 251 g/mol. The van der Waals surface area contributed by atoms with Crippen molar-refractivity contribution in [3.63, 3.8) is 0 Å². The number of aromatic amines is 1. The molecule has 2 rings (SSSR count). The maximum Gasteiger partial charge on any atom is 0.263 e. The van der Waals surface area contributed by atoms with Crippen molar-refractivity contribution in [3.8, 4) is 0 Å². The van der Waals surface area contributed by atoms with Crippen molar-refractivity contribution in [2.24, 2.45) is 0 Å². The van der Waals surface area contributed by atoms with Gasteiger partial charge in [-0.3, -0.25) is 9.59 Å². The summed E-state index contributed by atoms with van der Waals surface area (Å²) in [6, 6.07) is 0. The van der Waals surface area contributed by atoms with Crippen LogP contribution in [-0.4, -0.2) is 35.6 Å². The molecule has 0 radical (unpaired) electrons. The predicted molar refractivity (Wildman–Crippen MR) is 65.7 cm³/mol. The molecular weight excluding hydrogens is 234 g/mol. The van der Waals surface area contributed by atoms with Gasteiger partial charge in [0.2, 0.25) is 0 Å². The van der Waals surface area contributed by atoms with Crippen molar-refractivity contribution in [1.82, 2.24) is 15.3 Å². The summed E-state index contributed by atoms with van der Waals surface area (Å²) in [5.74, 6) is 0.643. The first-order chi connectivity index (χ1) is 8.72. The first kappa shape index (κ1) is 12.8. The molecule has 6 heteroatoms. The summed E-state index contributed by atoms with van der Waals surface area (Å²) in [6.07, 6.45) is 3.47.